The number of hydrogen-bond donors (Lipinski definition) is 1. The van der Waals surface area contributed by atoms with E-state index in [0.29, 0.717) is 0 Å². The van der Waals surface area contributed by atoms with Crippen molar-refractivity contribution in [2.45, 2.75) is 89.9 Å². The molecule has 17 heavy (non-hydrogen) atoms. The SMILES string of the molecule is CCC1CCC(C)N1C(C)CCCNC1CC1. The molecule has 1 aliphatic heterocycles. The highest BCUT2D eigenvalue weighted by molar-refractivity contribution is 4.88. The molecule has 0 aromatic rings. The van der Waals surface area contributed by atoms with Crippen molar-refractivity contribution in [2.75, 3.05) is 6.54 Å². The summed E-state index contributed by atoms with van der Waals surface area (Å²) >= 11 is 0. The van der Waals surface area contributed by atoms with E-state index in [0.717, 1.165) is 24.2 Å². The summed E-state index contributed by atoms with van der Waals surface area (Å²) in [5, 5.41) is 3.62. The summed E-state index contributed by atoms with van der Waals surface area (Å²) in [4.78, 5) is 2.79. The third-order valence-electron chi connectivity index (χ3n) is 4.64. The molecular weight excluding hydrogens is 208 g/mol. The fourth-order valence-corrected chi connectivity index (χ4v) is 3.44. The minimum atomic E-state index is 0.776. The molecule has 2 fully saturated rings. The Labute approximate surface area is 107 Å². The van der Waals surface area contributed by atoms with Gasteiger partial charge in [0, 0.05) is 24.2 Å². The Bertz CT molecular complexity index is 225. The zero-order valence-electron chi connectivity index (χ0n) is 11.9. The zero-order chi connectivity index (χ0) is 12.3. The monoisotopic (exact) mass is 238 g/mol. The van der Waals surface area contributed by atoms with Gasteiger partial charge in [0.05, 0.1) is 0 Å². The molecule has 1 saturated carbocycles. The van der Waals surface area contributed by atoms with Crippen LogP contribution >= 0.6 is 0 Å². The van der Waals surface area contributed by atoms with Crippen molar-refractivity contribution in [2.24, 2.45) is 0 Å². The molecule has 2 nitrogen and oxygen atoms in total. The van der Waals surface area contributed by atoms with Gasteiger partial charge in [-0.05, 0) is 65.3 Å². The van der Waals surface area contributed by atoms with Gasteiger partial charge < -0.3 is 5.32 Å². The third-order valence-corrected chi connectivity index (χ3v) is 4.64. The van der Waals surface area contributed by atoms with Crippen molar-refractivity contribution in [3.8, 4) is 0 Å². The molecule has 0 spiro atoms. The van der Waals surface area contributed by atoms with Crippen molar-refractivity contribution in [1.29, 1.82) is 0 Å². The Hall–Kier alpha value is -0.0800. The molecule has 0 amide bonds. The maximum Gasteiger partial charge on any atom is 0.00988 e. The molecule has 2 rings (SSSR count). The Kier molecular flexibility index (Phi) is 4.87. The summed E-state index contributed by atoms with van der Waals surface area (Å²) in [5.41, 5.74) is 0. The van der Waals surface area contributed by atoms with Gasteiger partial charge in [0.1, 0.15) is 0 Å². The van der Waals surface area contributed by atoms with Crippen LogP contribution in [0.4, 0.5) is 0 Å². The van der Waals surface area contributed by atoms with E-state index in [-0.39, 0.29) is 0 Å². The highest BCUT2D eigenvalue weighted by atomic mass is 15.2. The Morgan fingerprint density at radius 1 is 1.24 bits per heavy atom. The van der Waals surface area contributed by atoms with Crippen molar-refractivity contribution >= 4 is 0 Å². The van der Waals surface area contributed by atoms with E-state index in [2.05, 4.69) is 31.0 Å². The van der Waals surface area contributed by atoms with E-state index in [9.17, 15) is 0 Å². The molecular formula is C15H30N2. The second-order valence-electron chi connectivity index (χ2n) is 6.16. The van der Waals surface area contributed by atoms with E-state index in [1.54, 1.807) is 0 Å². The first-order valence-corrected chi connectivity index (χ1v) is 7.73. The number of nitrogens with one attached hydrogen (secondary N) is 1. The van der Waals surface area contributed by atoms with Gasteiger partial charge in [0.2, 0.25) is 0 Å². The van der Waals surface area contributed by atoms with Crippen molar-refractivity contribution in [3.63, 3.8) is 0 Å². The molecule has 1 N–H and O–H groups in total. The average molecular weight is 238 g/mol. The minimum absolute atomic E-state index is 0.776. The molecule has 0 radical (unpaired) electrons. The molecule has 2 aliphatic rings. The predicted octanol–water partition coefficient (Wildman–Crippen LogP) is 3.17. The van der Waals surface area contributed by atoms with Crippen LogP contribution in [0.3, 0.4) is 0 Å². The van der Waals surface area contributed by atoms with E-state index < -0.39 is 0 Å². The Balaban J connectivity index is 1.67. The van der Waals surface area contributed by atoms with Crippen molar-refractivity contribution in [3.05, 3.63) is 0 Å². The summed E-state index contributed by atoms with van der Waals surface area (Å²) in [6, 6.07) is 3.32. The lowest BCUT2D eigenvalue weighted by Gasteiger charge is -2.34. The maximum atomic E-state index is 3.62. The number of likely N-dealkylation sites (tertiary alicyclic amines) is 1. The first-order chi connectivity index (χ1) is 8.22. The van der Waals surface area contributed by atoms with Crippen LogP contribution in [0.1, 0.15) is 65.7 Å². The molecule has 100 valence electrons. The van der Waals surface area contributed by atoms with Crippen LogP contribution in [0.15, 0.2) is 0 Å². The predicted molar refractivity (Wildman–Crippen MR) is 74.3 cm³/mol. The van der Waals surface area contributed by atoms with Crippen LogP contribution in [0.25, 0.3) is 0 Å². The summed E-state index contributed by atoms with van der Waals surface area (Å²) in [6.07, 6.45) is 9.69. The topological polar surface area (TPSA) is 15.3 Å². The fourth-order valence-electron chi connectivity index (χ4n) is 3.44. The van der Waals surface area contributed by atoms with Gasteiger partial charge in [0.15, 0.2) is 0 Å². The standard InChI is InChI=1S/C15H30N2/c1-4-15-10-7-13(3)17(15)12(2)6-5-11-16-14-8-9-14/h12-16H,4-11H2,1-3H3. The normalized spacial score (nSPS) is 31.9. The first kappa shape index (κ1) is 13.4. The van der Waals surface area contributed by atoms with E-state index >= 15 is 0 Å². The highest BCUT2D eigenvalue weighted by Crippen LogP contribution is 2.29. The molecule has 3 unspecified atom stereocenters. The van der Waals surface area contributed by atoms with Crippen LogP contribution in [0.5, 0.6) is 0 Å². The molecule has 1 heterocycles. The summed E-state index contributed by atoms with van der Waals surface area (Å²) in [6.45, 7) is 8.42. The summed E-state index contributed by atoms with van der Waals surface area (Å²) in [7, 11) is 0. The van der Waals surface area contributed by atoms with E-state index in [1.807, 2.05) is 0 Å². The van der Waals surface area contributed by atoms with Crippen LogP contribution < -0.4 is 5.32 Å². The van der Waals surface area contributed by atoms with Crippen LogP contribution in [-0.4, -0.2) is 35.6 Å². The Morgan fingerprint density at radius 3 is 2.65 bits per heavy atom. The Morgan fingerprint density at radius 2 is 2.00 bits per heavy atom. The quantitative estimate of drug-likeness (QED) is 0.685. The number of hydrogen-bond acceptors (Lipinski definition) is 2. The molecule has 2 heteroatoms. The first-order valence-electron chi connectivity index (χ1n) is 7.73. The lowest BCUT2D eigenvalue weighted by Crippen LogP contribution is -2.41. The lowest BCUT2D eigenvalue weighted by atomic mass is 10.1. The summed E-state index contributed by atoms with van der Waals surface area (Å²) in [5.74, 6) is 0. The van der Waals surface area contributed by atoms with Gasteiger partial charge in [-0.1, -0.05) is 6.92 Å². The van der Waals surface area contributed by atoms with Gasteiger partial charge in [-0.3, -0.25) is 4.90 Å². The van der Waals surface area contributed by atoms with Crippen molar-refractivity contribution < 1.29 is 0 Å². The second-order valence-corrected chi connectivity index (χ2v) is 6.16. The van der Waals surface area contributed by atoms with Gasteiger partial charge >= 0.3 is 0 Å². The smallest absolute Gasteiger partial charge is 0.00988 e. The summed E-state index contributed by atoms with van der Waals surface area (Å²) < 4.78 is 0. The molecule has 1 aliphatic carbocycles. The van der Waals surface area contributed by atoms with E-state index in [1.165, 1.54) is 51.5 Å². The van der Waals surface area contributed by atoms with Crippen LogP contribution in [0, 0.1) is 0 Å². The van der Waals surface area contributed by atoms with Crippen LogP contribution in [0.2, 0.25) is 0 Å². The van der Waals surface area contributed by atoms with Gasteiger partial charge in [0.25, 0.3) is 0 Å². The number of nitrogens with zero attached hydrogens (tertiary/aromatic N) is 1. The minimum Gasteiger partial charge on any atom is -0.314 e. The fraction of sp³-hybridized carbons (Fsp3) is 1.00. The largest absolute Gasteiger partial charge is 0.314 e. The van der Waals surface area contributed by atoms with E-state index in [4.69, 9.17) is 0 Å². The maximum absolute atomic E-state index is 3.62. The molecule has 0 aromatic heterocycles. The van der Waals surface area contributed by atoms with Gasteiger partial charge in [-0.15, -0.1) is 0 Å². The zero-order valence-corrected chi connectivity index (χ0v) is 11.9. The molecule has 3 atom stereocenters. The molecule has 0 bridgehead atoms. The number of rotatable bonds is 7. The average Bonchev–Trinajstić information content (AvgIpc) is 3.06. The molecule has 1 saturated heterocycles. The van der Waals surface area contributed by atoms with Crippen molar-refractivity contribution in [1.82, 2.24) is 10.2 Å². The third kappa shape index (κ3) is 3.69. The van der Waals surface area contributed by atoms with Crippen LogP contribution in [-0.2, 0) is 0 Å². The van der Waals surface area contributed by atoms with Gasteiger partial charge in [-0.25, -0.2) is 0 Å². The lowest BCUT2D eigenvalue weighted by molar-refractivity contribution is 0.135. The molecule has 0 aromatic carbocycles. The highest BCUT2D eigenvalue weighted by Gasteiger charge is 2.32. The van der Waals surface area contributed by atoms with Gasteiger partial charge in [-0.2, -0.15) is 0 Å². The second kappa shape index (κ2) is 6.19.